The minimum atomic E-state index is -0.198. The van der Waals surface area contributed by atoms with Gasteiger partial charge in [-0.05, 0) is 32.2 Å². The molecule has 3 nitrogen and oxygen atoms in total. The molecule has 0 aromatic carbocycles. The molecule has 2 fully saturated rings. The Morgan fingerprint density at radius 2 is 2.00 bits per heavy atom. The van der Waals surface area contributed by atoms with Crippen molar-refractivity contribution in [3.63, 3.8) is 0 Å². The highest BCUT2D eigenvalue weighted by Gasteiger charge is 2.46. The van der Waals surface area contributed by atoms with Crippen LogP contribution in [0.5, 0.6) is 0 Å². The number of primary amides is 1. The zero-order chi connectivity index (χ0) is 9.31. The average Bonchev–Trinajstić information content (AvgIpc) is 2.75. The van der Waals surface area contributed by atoms with Crippen molar-refractivity contribution in [3.8, 4) is 0 Å². The van der Waals surface area contributed by atoms with E-state index >= 15 is 0 Å². The molecule has 1 atom stereocenters. The van der Waals surface area contributed by atoms with E-state index in [0.717, 1.165) is 25.8 Å². The molecule has 13 heavy (non-hydrogen) atoms. The molecule has 1 aliphatic heterocycles. The Hall–Kier alpha value is -0.570. The van der Waals surface area contributed by atoms with Crippen LogP contribution < -0.4 is 11.1 Å². The molecular formula is C10H18N2O. The van der Waals surface area contributed by atoms with Crippen molar-refractivity contribution in [1.82, 2.24) is 5.32 Å². The zero-order valence-corrected chi connectivity index (χ0v) is 8.01. The van der Waals surface area contributed by atoms with Gasteiger partial charge in [-0.2, -0.15) is 0 Å². The smallest absolute Gasteiger partial charge is 0.225 e. The summed E-state index contributed by atoms with van der Waals surface area (Å²) in [6, 6.07) is 0.368. The predicted octanol–water partition coefficient (Wildman–Crippen LogP) is 0.784. The zero-order valence-electron chi connectivity index (χ0n) is 8.01. The van der Waals surface area contributed by atoms with Gasteiger partial charge in [-0.3, -0.25) is 4.79 Å². The summed E-state index contributed by atoms with van der Waals surface area (Å²) in [4.78, 5) is 11.5. The highest BCUT2D eigenvalue weighted by Crippen LogP contribution is 2.43. The van der Waals surface area contributed by atoms with E-state index in [1.807, 2.05) is 0 Å². The van der Waals surface area contributed by atoms with Gasteiger partial charge in [0.1, 0.15) is 0 Å². The minimum Gasteiger partial charge on any atom is -0.369 e. The highest BCUT2D eigenvalue weighted by molar-refractivity contribution is 5.82. The number of rotatable bonds is 2. The minimum absolute atomic E-state index is 0.0793. The number of carbonyl (C=O) groups excluding carboxylic acids is 1. The summed E-state index contributed by atoms with van der Waals surface area (Å²) in [7, 11) is 0. The molecule has 1 saturated carbocycles. The van der Waals surface area contributed by atoms with Gasteiger partial charge in [0.25, 0.3) is 0 Å². The van der Waals surface area contributed by atoms with E-state index < -0.39 is 0 Å². The standard InChI is InChI=1S/C10H18N2O/c11-9(13)10(5-1-2-6-10)8-4-3-7-12-8/h8,12H,1-7H2,(H2,11,13). The molecule has 0 bridgehead atoms. The fraction of sp³-hybridized carbons (Fsp3) is 0.900. The molecule has 2 aliphatic rings. The highest BCUT2D eigenvalue weighted by atomic mass is 16.1. The molecule has 74 valence electrons. The molecule has 1 aliphatic carbocycles. The SMILES string of the molecule is NC(=O)C1(C2CCCN2)CCCC1. The monoisotopic (exact) mass is 182 g/mol. The fourth-order valence-electron chi connectivity index (χ4n) is 2.93. The van der Waals surface area contributed by atoms with Crippen molar-refractivity contribution < 1.29 is 4.79 Å². The molecule has 0 aromatic heterocycles. The van der Waals surface area contributed by atoms with Crippen LogP contribution in [0.1, 0.15) is 38.5 Å². The molecule has 3 N–H and O–H groups in total. The van der Waals surface area contributed by atoms with Crippen molar-refractivity contribution in [1.29, 1.82) is 0 Å². The van der Waals surface area contributed by atoms with Gasteiger partial charge in [0.15, 0.2) is 0 Å². The predicted molar refractivity (Wildman–Crippen MR) is 51.1 cm³/mol. The van der Waals surface area contributed by atoms with Crippen LogP contribution in [0.4, 0.5) is 0 Å². The van der Waals surface area contributed by atoms with Gasteiger partial charge < -0.3 is 11.1 Å². The Kier molecular flexibility index (Phi) is 2.28. The van der Waals surface area contributed by atoms with Gasteiger partial charge in [0, 0.05) is 6.04 Å². The van der Waals surface area contributed by atoms with E-state index in [4.69, 9.17) is 5.73 Å². The van der Waals surface area contributed by atoms with Gasteiger partial charge in [0.05, 0.1) is 5.41 Å². The Morgan fingerprint density at radius 3 is 2.46 bits per heavy atom. The summed E-state index contributed by atoms with van der Waals surface area (Å²) in [5, 5.41) is 3.42. The maximum absolute atomic E-state index is 11.5. The van der Waals surface area contributed by atoms with E-state index in [-0.39, 0.29) is 11.3 Å². The van der Waals surface area contributed by atoms with Crippen molar-refractivity contribution in [3.05, 3.63) is 0 Å². The van der Waals surface area contributed by atoms with Crippen LogP contribution in [0, 0.1) is 5.41 Å². The first-order valence-corrected chi connectivity index (χ1v) is 5.29. The van der Waals surface area contributed by atoms with Crippen LogP contribution in [0.3, 0.4) is 0 Å². The van der Waals surface area contributed by atoms with Gasteiger partial charge in [-0.1, -0.05) is 12.8 Å². The van der Waals surface area contributed by atoms with E-state index in [2.05, 4.69) is 5.32 Å². The van der Waals surface area contributed by atoms with Gasteiger partial charge in [-0.15, -0.1) is 0 Å². The molecular weight excluding hydrogens is 164 g/mol. The summed E-state index contributed by atoms with van der Waals surface area (Å²) < 4.78 is 0. The second-order valence-corrected chi connectivity index (χ2v) is 4.38. The Balaban J connectivity index is 2.16. The number of hydrogen-bond donors (Lipinski definition) is 2. The third-order valence-corrected chi connectivity index (χ3v) is 3.71. The third kappa shape index (κ3) is 1.35. The van der Waals surface area contributed by atoms with E-state index in [9.17, 15) is 4.79 Å². The summed E-state index contributed by atoms with van der Waals surface area (Å²) in [5.74, 6) is -0.0793. The lowest BCUT2D eigenvalue weighted by molar-refractivity contribution is -0.128. The summed E-state index contributed by atoms with van der Waals surface area (Å²) in [6.07, 6.45) is 6.66. The Labute approximate surface area is 79.1 Å². The second kappa shape index (κ2) is 3.29. The van der Waals surface area contributed by atoms with Crippen LogP contribution in [0.25, 0.3) is 0 Å². The van der Waals surface area contributed by atoms with Crippen LogP contribution in [-0.2, 0) is 4.79 Å². The first kappa shape index (κ1) is 9.00. The van der Waals surface area contributed by atoms with Gasteiger partial charge >= 0.3 is 0 Å². The van der Waals surface area contributed by atoms with E-state index in [1.165, 1.54) is 19.3 Å². The number of nitrogens with two attached hydrogens (primary N) is 1. The first-order chi connectivity index (χ1) is 6.26. The van der Waals surface area contributed by atoms with Crippen LogP contribution in [0.2, 0.25) is 0 Å². The number of nitrogens with one attached hydrogen (secondary N) is 1. The van der Waals surface area contributed by atoms with Crippen LogP contribution in [-0.4, -0.2) is 18.5 Å². The summed E-state index contributed by atoms with van der Waals surface area (Å²) in [6.45, 7) is 1.06. The maximum atomic E-state index is 11.5. The normalized spacial score (nSPS) is 32.2. The van der Waals surface area contributed by atoms with E-state index in [0.29, 0.717) is 6.04 Å². The van der Waals surface area contributed by atoms with Crippen LogP contribution in [0.15, 0.2) is 0 Å². The molecule has 1 saturated heterocycles. The molecule has 1 heterocycles. The molecule has 2 rings (SSSR count). The summed E-state index contributed by atoms with van der Waals surface area (Å²) >= 11 is 0. The van der Waals surface area contributed by atoms with Crippen molar-refractivity contribution in [2.24, 2.45) is 11.1 Å². The first-order valence-electron chi connectivity index (χ1n) is 5.29. The number of hydrogen-bond acceptors (Lipinski definition) is 2. The third-order valence-electron chi connectivity index (χ3n) is 3.71. The average molecular weight is 182 g/mol. The van der Waals surface area contributed by atoms with Crippen LogP contribution >= 0.6 is 0 Å². The number of amides is 1. The molecule has 1 unspecified atom stereocenters. The topological polar surface area (TPSA) is 55.1 Å². The molecule has 1 amide bonds. The quantitative estimate of drug-likeness (QED) is 0.663. The lowest BCUT2D eigenvalue weighted by Crippen LogP contribution is -2.48. The molecule has 0 radical (unpaired) electrons. The Morgan fingerprint density at radius 1 is 1.31 bits per heavy atom. The second-order valence-electron chi connectivity index (χ2n) is 4.38. The fourth-order valence-corrected chi connectivity index (χ4v) is 2.93. The van der Waals surface area contributed by atoms with Crippen molar-refractivity contribution >= 4 is 5.91 Å². The lowest BCUT2D eigenvalue weighted by atomic mass is 9.77. The number of carbonyl (C=O) groups is 1. The molecule has 0 spiro atoms. The van der Waals surface area contributed by atoms with Gasteiger partial charge in [0.2, 0.25) is 5.91 Å². The lowest BCUT2D eigenvalue weighted by Gasteiger charge is -2.31. The van der Waals surface area contributed by atoms with Gasteiger partial charge in [-0.25, -0.2) is 0 Å². The Bertz CT molecular complexity index is 203. The summed E-state index contributed by atoms with van der Waals surface area (Å²) in [5.41, 5.74) is 5.34. The maximum Gasteiger partial charge on any atom is 0.225 e. The van der Waals surface area contributed by atoms with Crippen molar-refractivity contribution in [2.75, 3.05) is 6.54 Å². The molecule has 3 heteroatoms. The molecule has 0 aromatic rings. The van der Waals surface area contributed by atoms with E-state index in [1.54, 1.807) is 0 Å². The largest absolute Gasteiger partial charge is 0.369 e. The van der Waals surface area contributed by atoms with Crippen molar-refractivity contribution in [2.45, 2.75) is 44.6 Å².